The Hall–Kier alpha value is -1.89. The molecule has 7 nitrogen and oxygen atoms in total. The molecule has 0 aliphatic heterocycles. The molecule has 1 heterocycles. The van der Waals surface area contributed by atoms with Gasteiger partial charge in [-0.25, -0.2) is 0 Å². The molecule has 2 amide bonds. The molecule has 0 bridgehead atoms. The highest BCUT2D eigenvalue weighted by atomic mass is 16.5. The Morgan fingerprint density at radius 2 is 2.08 bits per heavy atom. The van der Waals surface area contributed by atoms with E-state index in [0.717, 1.165) is 25.7 Å². The summed E-state index contributed by atoms with van der Waals surface area (Å²) in [6, 6.07) is 1.81. The molecule has 2 rings (SSSR count). The molecule has 140 valence electrons. The van der Waals surface area contributed by atoms with Crippen molar-refractivity contribution in [1.29, 1.82) is 0 Å². The van der Waals surface area contributed by atoms with E-state index in [1.807, 2.05) is 13.8 Å². The van der Waals surface area contributed by atoms with E-state index in [4.69, 9.17) is 9.26 Å². The van der Waals surface area contributed by atoms with Gasteiger partial charge in [-0.2, -0.15) is 0 Å². The van der Waals surface area contributed by atoms with Crippen molar-refractivity contribution in [1.82, 2.24) is 15.4 Å². The Balaban J connectivity index is 2.02. The molecule has 0 atom stereocenters. The molecule has 1 aromatic rings. The minimum absolute atomic E-state index is 0.0480. The average Bonchev–Trinajstić information content (AvgIpc) is 3.07. The predicted octanol–water partition coefficient (Wildman–Crippen LogP) is 2.37. The second kappa shape index (κ2) is 9.56. The van der Waals surface area contributed by atoms with Gasteiger partial charge in [-0.3, -0.25) is 9.59 Å². The highest BCUT2D eigenvalue weighted by molar-refractivity contribution is 5.92. The molecule has 1 aliphatic carbocycles. The van der Waals surface area contributed by atoms with E-state index < -0.39 is 0 Å². The van der Waals surface area contributed by atoms with E-state index >= 15 is 0 Å². The van der Waals surface area contributed by atoms with Crippen molar-refractivity contribution in [3.63, 3.8) is 0 Å². The summed E-state index contributed by atoms with van der Waals surface area (Å²) in [5.74, 6) is 0.571. The molecule has 25 heavy (non-hydrogen) atoms. The summed E-state index contributed by atoms with van der Waals surface area (Å²) in [4.78, 5) is 26.3. The van der Waals surface area contributed by atoms with Crippen molar-refractivity contribution in [2.24, 2.45) is 5.92 Å². The van der Waals surface area contributed by atoms with Crippen molar-refractivity contribution in [2.45, 2.75) is 58.5 Å². The van der Waals surface area contributed by atoms with Crippen LogP contribution in [0.15, 0.2) is 10.6 Å². The molecule has 1 N–H and O–H groups in total. The maximum absolute atomic E-state index is 12.4. The minimum Gasteiger partial charge on any atom is -0.375 e. The summed E-state index contributed by atoms with van der Waals surface area (Å²) in [6.07, 6.45) is 5.45. The molecule has 1 saturated carbocycles. The smallest absolute Gasteiger partial charge is 0.273 e. The van der Waals surface area contributed by atoms with Gasteiger partial charge in [0.1, 0.15) is 6.61 Å². The number of hydrogen-bond acceptors (Lipinski definition) is 5. The van der Waals surface area contributed by atoms with Crippen LogP contribution in [0.5, 0.6) is 0 Å². The monoisotopic (exact) mass is 351 g/mol. The first-order valence-corrected chi connectivity index (χ1v) is 9.03. The summed E-state index contributed by atoms with van der Waals surface area (Å²) in [5.41, 5.74) is 0.249. The van der Waals surface area contributed by atoms with E-state index in [-0.39, 0.29) is 30.2 Å². The van der Waals surface area contributed by atoms with Crippen LogP contribution >= 0.6 is 0 Å². The lowest BCUT2D eigenvalue weighted by Crippen LogP contribution is -2.42. The number of carbonyl (C=O) groups excluding carboxylic acids is 2. The standard InChI is InChI=1S/C18H29N3O4/c1-13(2)10-19-18(23)16-9-15(25-20-16)11-21(17(22)12-24-3)14-7-5-4-6-8-14/h9,13-14H,4-8,10-12H2,1-3H3,(H,19,23). The summed E-state index contributed by atoms with van der Waals surface area (Å²) < 4.78 is 10.3. The van der Waals surface area contributed by atoms with E-state index in [2.05, 4.69) is 10.5 Å². The lowest BCUT2D eigenvalue weighted by molar-refractivity contribution is -0.139. The van der Waals surface area contributed by atoms with Gasteiger partial charge in [0.05, 0.1) is 6.54 Å². The molecule has 1 fully saturated rings. The zero-order valence-corrected chi connectivity index (χ0v) is 15.4. The first-order valence-electron chi connectivity index (χ1n) is 9.03. The Kier molecular flexibility index (Phi) is 7.43. The van der Waals surface area contributed by atoms with Gasteiger partial charge in [0, 0.05) is 25.8 Å². The van der Waals surface area contributed by atoms with Crippen LogP contribution in [0.4, 0.5) is 0 Å². The van der Waals surface area contributed by atoms with Crippen molar-refractivity contribution in [3.05, 3.63) is 17.5 Å². The second-order valence-electron chi connectivity index (χ2n) is 7.03. The highest BCUT2D eigenvalue weighted by Crippen LogP contribution is 2.24. The maximum Gasteiger partial charge on any atom is 0.273 e. The first-order chi connectivity index (χ1) is 12.0. The van der Waals surface area contributed by atoms with Crippen molar-refractivity contribution in [3.8, 4) is 0 Å². The molecule has 1 aliphatic rings. The van der Waals surface area contributed by atoms with E-state index in [0.29, 0.717) is 24.8 Å². The second-order valence-corrected chi connectivity index (χ2v) is 7.03. The van der Waals surface area contributed by atoms with Gasteiger partial charge in [-0.05, 0) is 18.8 Å². The van der Waals surface area contributed by atoms with Crippen LogP contribution in [-0.2, 0) is 16.1 Å². The van der Waals surface area contributed by atoms with Gasteiger partial charge in [0.15, 0.2) is 11.5 Å². The molecular weight excluding hydrogens is 322 g/mol. The molecule has 0 aromatic carbocycles. The van der Waals surface area contributed by atoms with Gasteiger partial charge in [0.25, 0.3) is 5.91 Å². The number of amides is 2. The van der Waals surface area contributed by atoms with Gasteiger partial charge < -0.3 is 19.5 Å². The molecule has 7 heteroatoms. The molecule has 1 aromatic heterocycles. The van der Waals surface area contributed by atoms with E-state index in [1.54, 1.807) is 11.0 Å². The third kappa shape index (κ3) is 5.85. The van der Waals surface area contributed by atoms with Crippen LogP contribution in [0.1, 0.15) is 62.2 Å². The quantitative estimate of drug-likeness (QED) is 0.777. The van der Waals surface area contributed by atoms with E-state index in [9.17, 15) is 9.59 Å². The fourth-order valence-electron chi connectivity index (χ4n) is 3.07. The maximum atomic E-state index is 12.4. The predicted molar refractivity (Wildman–Crippen MR) is 93.0 cm³/mol. The number of nitrogens with one attached hydrogen (secondary N) is 1. The Morgan fingerprint density at radius 3 is 2.72 bits per heavy atom. The third-order valence-electron chi connectivity index (χ3n) is 4.39. The summed E-state index contributed by atoms with van der Waals surface area (Å²) in [5, 5.41) is 6.65. The van der Waals surface area contributed by atoms with Gasteiger partial charge in [-0.15, -0.1) is 0 Å². The first kappa shape index (κ1) is 19.4. The summed E-state index contributed by atoms with van der Waals surface area (Å²) in [7, 11) is 1.52. The third-order valence-corrected chi connectivity index (χ3v) is 4.39. The Morgan fingerprint density at radius 1 is 1.36 bits per heavy atom. The number of aromatic nitrogens is 1. The number of hydrogen-bond donors (Lipinski definition) is 1. The van der Waals surface area contributed by atoms with Crippen molar-refractivity contribution < 1.29 is 18.8 Å². The zero-order chi connectivity index (χ0) is 18.2. The van der Waals surface area contributed by atoms with Gasteiger partial charge in [-0.1, -0.05) is 38.3 Å². The largest absolute Gasteiger partial charge is 0.375 e. The lowest BCUT2D eigenvalue weighted by atomic mass is 9.94. The number of nitrogens with zero attached hydrogens (tertiary/aromatic N) is 2. The average molecular weight is 351 g/mol. The zero-order valence-electron chi connectivity index (χ0n) is 15.4. The number of rotatable bonds is 8. The topological polar surface area (TPSA) is 84.7 Å². The SMILES string of the molecule is COCC(=O)N(Cc1cc(C(=O)NCC(C)C)no1)C1CCCCC1. The Labute approximate surface area is 149 Å². The molecule has 0 unspecified atom stereocenters. The van der Waals surface area contributed by atoms with Crippen LogP contribution in [0.3, 0.4) is 0 Å². The summed E-state index contributed by atoms with van der Waals surface area (Å²) in [6.45, 7) is 5.00. The fourth-order valence-corrected chi connectivity index (χ4v) is 3.07. The normalized spacial score (nSPS) is 15.4. The summed E-state index contributed by atoms with van der Waals surface area (Å²) >= 11 is 0. The fraction of sp³-hybridized carbons (Fsp3) is 0.722. The van der Waals surface area contributed by atoms with Crippen LogP contribution in [0, 0.1) is 5.92 Å². The minimum atomic E-state index is -0.254. The number of methoxy groups -OCH3 is 1. The molecule has 0 saturated heterocycles. The molecular formula is C18H29N3O4. The number of carbonyl (C=O) groups is 2. The van der Waals surface area contributed by atoms with Gasteiger partial charge in [0.2, 0.25) is 5.91 Å². The van der Waals surface area contributed by atoms with Gasteiger partial charge >= 0.3 is 0 Å². The highest BCUT2D eigenvalue weighted by Gasteiger charge is 2.27. The molecule has 0 radical (unpaired) electrons. The van der Waals surface area contributed by atoms with Crippen molar-refractivity contribution in [2.75, 3.05) is 20.3 Å². The lowest BCUT2D eigenvalue weighted by Gasteiger charge is -2.33. The number of ether oxygens (including phenoxy) is 1. The van der Waals surface area contributed by atoms with Crippen LogP contribution in [-0.4, -0.2) is 48.2 Å². The molecule has 0 spiro atoms. The van der Waals surface area contributed by atoms with Crippen LogP contribution < -0.4 is 5.32 Å². The van der Waals surface area contributed by atoms with Crippen LogP contribution in [0.2, 0.25) is 0 Å². The van der Waals surface area contributed by atoms with Crippen LogP contribution in [0.25, 0.3) is 0 Å². The Bertz CT molecular complexity index is 564. The van der Waals surface area contributed by atoms with Crippen molar-refractivity contribution >= 4 is 11.8 Å². The van der Waals surface area contributed by atoms with E-state index in [1.165, 1.54) is 13.5 Å².